The van der Waals surface area contributed by atoms with E-state index < -0.39 is 9.24 Å². The Labute approximate surface area is 82.3 Å². The lowest BCUT2D eigenvalue weighted by atomic mass is 10.1. The van der Waals surface area contributed by atoms with Crippen molar-refractivity contribution in [3.63, 3.8) is 0 Å². The predicted molar refractivity (Wildman–Crippen MR) is 54.3 cm³/mol. The van der Waals surface area contributed by atoms with Gasteiger partial charge in [-0.25, -0.2) is 0 Å². The van der Waals surface area contributed by atoms with Crippen molar-refractivity contribution >= 4 is 25.6 Å². The summed E-state index contributed by atoms with van der Waals surface area (Å²) in [6, 6.07) is 5.34. The number of hydrogen-bond acceptors (Lipinski definition) is 2. The van der Waals surface area contributed by atoms with Gasteiger partial charge in [-0.15, -0.1) is 0 Å². The second-order valence-electron chi connectivity index (χ2n) is 2.79. The number of nitrogens with one attached hydrogen (secondary N) is 1. The third kappa shape index (κ3) is 2.90. The third-order valence-corrected chi connectivity index (χ3v) is 2.53. The van der Waals surface area contributed by atoms with Crippen LogP contribution >= 0.6 is 10.7 Å². The molecular weight excluding hydrogens is 210 g/mol. The van der Waals surface area contributed by atoms with E-state index in [1.165, 1.54) is 0 Å². The van der Waals surface area contributed by atoms with E-state index in [2.05, 4.69) is 4.72 Å². The SMILES string of the molecule is Cc1cccc(NS(=O)(=O)Cl)c1C. The molecular formula is C8H10ClNO2S. The zero-order chi connectivity index (χ0) is 10.1. The van der Waals surface area contributed by atoms with Gasteiger partial charge in [0, 0.05) is 10.7 Å². The molecule has 0 spiro atoms. The van der Waals surface area contributed by atoms with Gasteiger partial charge in [0.25, 0.3) is 0 Å². The molecule has 1 N–H and O–H groups in total. The molecule has 0 aliphatic carbocycles. The average Bonchev–Trinajstić information content (AvgIpc) is 1.96. The molecule has 0 radical (unpaired) electrons. The lowest BCUT2D eigenvalue weighted by Gasteiger charge is -2.07. The van der Waals surface area contributed by atoms with Gasteiger partial charge in [-0.05, 0) is 31.0 Å². The average molecular weight is 220 g/mol. The molecule has 0 aromatic heterocycles. The number of rotatable bonds is 2. The van der Waals surface area contributed by atoms with E-state index in [1.807, 2.05) is 19.9 Å². The van der Waals surface area contributed by atoms with Gasteiger partial charge in [0.1, 0.15) is 0 Å². The number of hydrogen-bond donors (Lipinski definition) is 1. The van der Waals surface area contributed by atoms with Crippen molar-refractivity contribution in [3.05, 3.63) is 29.3 Å². The normalized spacial score (nSPS) is 11.3. The highest BCUT2D eigenvalue weighted by atomic mass is 35.7. The van der Waals surface area contributed by atoms with Crippen LogP contribution in [0.2, 0.25) is 0 Å². The summed E-state index contributed by atoms with van der Waals surface area (Å²) in [6.45, 7) is 3.74. The summed E-state index contributed by atoms with van der Waals surface area (Å²) < 4.78 is 23.7. The van der Waals surface area contributed by atoms with Gasteiger partial charge < -0.3 is 0 Å². The zero-order valence-corrected chi connectivity index (χ0v) is 8.91. The van der Waals surface area contributed by atoms with Crippen LogP contribution in [-0.2, 0) is 9.24 Å². The molecule has 0 amide bonds. The van der Waals surface area contributed by atoms with E-state index in [9.17, 15) is 8.42 Å². The molecule has 0 saturated heterocycles. The van der Waals surface area contributed by atoms with Crippen LogP contribution in [0, 0.1) is 13.8 Å². The number of aryl methyl sites for hydroxylation is 1. The van der Waals surface area contributed by atoms with Gasteiger partial charge in [-0.3, -0.25) is 4.72 Å². The quantitative estimate of drug-likeness (QED) is 0.776. The van der Waals surface area contributed by atoms with Gasteiger partial charge in [-0.2, -0.15) is 8.42 Å². The first-order chi connectivity index (χ1) is 5.90. The standard InChI is InChI=1S/C8H10ClNO2S/c1-6-4-3-5-8(7(6)2)10-13(9,11)12/h3-5,10H,1-2H3. The summed E-state index contributed by atoms with van der Waals surface area (Å²) in [4.78, 5) is 0. The smallest absolute Gasteiger partial charge is 0.271 e. The largest absolute Gasteiger partial charge is 0.319 e. The fourth-order valence-corrected chi connectivity index (χ4v) is 1.73. The van der Waals surface area contributed by atoms with Crippen molar-refractivity contribution in [2.24, 2.45) is 0 Å². The van der Waals surface area contributed by atoms with E-state index in [1.54, 1.807) is 12.1 Å². The van der Waals surface area contributed by atoms with E-state index >= 15 is 0 Å². The molecule has 0 aliphatic heterocycles. The van der Waals surface area contributed by atoms with E-state index in [4.69, 9.17) is 10.7 Å². The first-order valence-corrected chi connectivity index (χ1v) is 6.00. The zero-order valence-electron chi connectivity index (χ0n) is 7.33. The van der Waals surface area contributed by atoms with Gasteiger partial charge in [0.2, 0.25) is 0 Å². The summed E-state index contributed by atoms with van der Waals surface area (Å²) in [7, 11) is 1.36. The molecule has 13 heavy (non-hydrogen) atoms. The van der Waals surface area contributed by atoms with Crippen molar-refractivity contribution in [1.82, 2.24) is 0 Å². The molecule has 3 nitrogen and oxygen atoms in total. The molecule has 1 rings (SSSR count). The molecule has 0 aliphatic rings. The van der Waals surface area contributed by atoms with Crippen LogP contribution in [0.1, 0.15) is 11.1 Å². The highest BCUT2D eigenvalue weighted by molar-refractivity contribution is 8.14. The van der Waals surface area contributed by atoms with Crippen molar-refractivity contribution in [2.45, 2.75) is 13.8 Å². The Hall–Kier alpha value is -0.740. The Morgan fingerprint density at radius 2 is 1.92 bits per heavy atom. The molecule has 0 atom stereocenters. The second-order valence-corrected chi connectivity index (χ2v) is 5.09. The molecule has 0 unspecified atom stereocenters. The van der Waals surface area contributed by atoms with Crippen molar-refractivity contribution < 1.29 is 8.42 Å². The Kier molecular flexibility index (Phi) is 2.83. The molecule has 0 heterocycles. The number of anilines is 1. The van der Waals surface area contributed by atoms with Crippen LogP contribution in [0.3, 0.4) is 0 Å². The highest BCUT2D eigenvalue weighted by Gasteiger charge is 2.07. The highest BCUT2D eigenvalue weighted by Crippen LogP contribution is 2.19. The Bertz CT molecular complexity index is 414. The maximum Gasteiger partial charge on any atom is 0.319 e. The van der Waals surface area contributed by atoms with Crippen molar-refractivity contribution in [3.8, 4) is 0 Å². The van der Waals surface area contributed by atoms with Crippen LogP contribution in [0.4, 0.5) is 5.69 Å². The van der Waals surface area contributed by atoms with E-state index in [0.29, 0.717) is 5.69 Å². The second kappa shape index (κ2) is 3.55. The molecule has 0 saturated carbocycles. The maximum absolute atomic E-state index is 10.7. The summed E-state index contributed by atoms with van der Waals surface area (Å²) >= 11 is 0. The summed E-state index contributed by atoms with van der Waals surface area (Å²) in [5.74, 6) is 0. The van der Waals surface area contributed by atoms with Gasteiger partial charge in [-0.1, -0.05) is 12.1 Å². The van der Waals surface area contributed by atoms with Crippen LogP contribution in [-0.4, -0.2) is 8.42 Å². The molecule has 1 aromatic carbocycles. The lowest BCUT2D eigenvalue weighted by Crippen LogP contribution is -2.05. The summed E-state index contributed by atoms with van der Waals surface area (Å²) in [6.07, 6.45) is 0. The van der Waals surface area contributed by atoms with Crippen LogP contribution in [0.25, 0.3) is 0 Å². The lowest BCUT2D eigenvalue weighted by molar-refractivity contribution is 0.614. The van der Waals surface area contributed by atoms with Gasteiger partial charge in [0.05, 0.1) is 5.69 Å². The first kappa shape index (κ1) is 10.3. The number of benzene rings is 1. The Morgan fingerprint density at radius 3 is 2.46 bits per heavy atom. The number of halogens is 1. The fraction of sp³-hybridized carbons (Fsp3) is 0.250. The predicted octanol–water partition coefficient (Wildman–Crippen LogP) is 2.20. The van der Waals surface area contributed by atoms with E-state index in [0.717, 1.165) is 11.1 Å². The van der Waals surface area contributed by atoms with Gasteiger partial charge in [0.15, 0.2) is 0 Å². The summed E-state index contributed by atoms with van der Waals surface area (Å²) in [5.41, 5.74) is 2.42. The van der Waals surface area contributed by atoms with E-state index in [-0.39, 0.29) is 0 Å². The van der Waals surface area contributed by atoms with Crippen molar-refractivity contribution in [2.75, 3.05) is 4.72 Å². The topological polar surface area (TPSA) is 46.2 Å². The minimum absolute atomic E-state index is 0.523. The molecule has 1 aromatic rings. The first-order valence-electron chi connectivity index (χ1n) is 3.69. The molecule has 72 valence electrons. The van der Waals surface area contributed by atoms with Crippen LogP contribution in [0.15, 0.2) is 18.2 Å². The Balaban J connectivity index is 3.10. The monoisotopic (exact) mass is 219 g/mol. The minimum atomic E-state index is -3.69. The van der Waals surface area contributed by atoms with Gasteiger partial charge >= 0.3 is 9.24 Å². The fourth-order valence-electron chi connectivity index (χ4n) is 0.993. The summed E-state index contributed by atoms with van der Waals surface area (Å²) in [5, 5.41) is 0. The van der Waals surface area contributed by atoms with Crippen molar-refractivity contribution in [1.29, 1.82) is 0 Å². The van der Waals surface area contributed by atoms with Crippen LogP contribution < -0.4 is 4.72 Å². The third-order valence-electron chi connectivity index (χ3n) is 1.84. The molecule has 0 bridgehead atoms. The van der Waals surface area contributed by atoms with Crippen LogP contribution in [0.5, 0.6) is 0 Å². The molecule has 5 heteroatoms. The Morgan fingerprint density at radius 1 is 1.31 bits per heavy atom. The maximum atomic E-state index is 10.7. The minimum Gasteiger partial charge on any atom is -0.271 e. The molecule has 0 fully saturated rings.